The Morgan fingerprint density at radius 3 is 3.00 bits per heavy atom. The molecule has 0 bridgehead atoms. The van der Waals surface area contributed by atoms with Crippen molar-refractivity contribution in [2.24, 2.45) is 0 Å². The Kier molecular flexibility index (Phi) is 3.28. The number of methoxy groups -OCH3 is 1. The van der Waals surface area contributed by atoms with Crippen LogP contribution < -0.4 is 14.8 Å². The van der Waals surface area contributed by atoms with Crippen LogP contribution in [0.3, 0.4) is 0 Å². The van der Waals surface area contributed by atoms with E-state index in [1.807, 2.05) is 0 Å². The standard InChI is InChI=1S/C12H14N2O2/c1-15-11-4-2-3-9(7-13)12(11)16-10-5-6-14-8-10/h2-4,10,14H,5-6,8H2,1H3. The molecular formula is C12H14N2O2. The lowest BCUT2D eigenvalue weighted by atomic mass is 10.2. The fourth-order valence-corrected chi connectivity index (χ4v) is 1.78. The number of ether oxygens (including phenoxy) is 2. The topological polar surface area (TPSA) is 54.3 Å². The highest BCUT2D eigenvalue weighted by atomic mass is 16.5. The molecule has 1 aromatic carbocycles. The van der Waals surface area contributed by atoms with Crippen LogP contribution in [0.25, 0.3) is 0 Å². The van der Waals surface area contributed by atoms with Gasteiger partial charge in [0.15, 0.2) is 11.5 Å². The van der Waals surface area contributed by atoms with Crippen molar-refractivity contribution in [1.82, 2.24) is 5.32 Å². The molecule has 0 aliphatic carbocycles. The monoisotopic (exact) mass is 218 g/mol. The van der Waals surface area contributed by atoms with E-state index >= 15 is 0 Å². The third kappa shape index (κ3) is 2.10. The van der Waals surface area contributed by atoms with Crippen LogP contribution in [-0.2, 0) is 0 Å². The summed E-state index contributed by atoms with van der Waals surface area (Å²) in [5.74, 6) is 1.17. The second kappa shape index (κ2) is 4.86. The summed E-state index contributed by atoms with van der Waals surface area (Å²) in [6.07, 6.45) is 1.09. The molecule has 1 aliphatic rings. The maximum absolute atomic E-state index is 9.01. The van der Waals surface area contributed by atoms with E-state index in [-0.39, 0.29) is 6.10 Å². The van der Waals surface area contributed by atoms with Crippen LogP contribution in [0.5, 0.6) is 11.5 Å². The van der Waals surface area contributed by atoms with Gasteiger partial charge < -0.3 is 14.8 Å². The largest absolute Gasteiger partial charge is 0.493 e. The van der Waals surface area contributed by atoms with Crippen LogP contribution >= 0.6 is 0 Å². The summed E-state index contributed by atoms with van der Waals surface area (Å²) in [4.78, 5) is 0. The third-order valence-electron chi connectivity index (χ3n) is 2.62. The van der Waals surface area contributed by atoms with Gasteiger partial charge in [0.25, 0.3) is 0 Å². The first kappa shape index (κ1) is 10.8. The molecule has 1 aromatic rings. The third-order valence-corrected chi connectivity index (χ3v) is 2.62. The Bertz CT molecular complexity index is 406. The smallest absolute Gasteiger partial charge is 0.179 e. The number of nitrogens with zero attached hydrogens (tertiary/aromatic N) is 1. The summed E-state index contributed by atoms with van der Waals surface area (Å²) in [7, 11) is 1.58. The second-order valence-electron chi connectivity index (χ2n) is 3.68. The van der Waals surface area contributed by atoms with Gasteiger partial charge in [-0.15, -0.1) is 0 Å². The van der Waals surface area contributed by atoms with Gasteiger partial charge in [-0.05, 0) is 25.1 Å². The Morgan fingerprint density at radius 2 is 2.38 bits per heavy atom. The van der Waals surface area contributed by atoms with E-state index in [1.165, 1.54) is 0 Å². The van der Waals surface area contributed by atoms with Crippen molar-refractivity contribution in [3.05, 3.63) is 23.8 Å². The van der Waals surface area contributed by atoms with E-state index in [0.29, 0.717) is 17.1 Å². The van der Waals surface area contributed by atoms with Gasteiger partial charge in [-0.1, -0.05) is 6.07 Å². The van der Waals surface area contributed by atoms with Crippen molar-refractivity contribution in [1.29, 1.82) is 5.26 Å². The average molecular weight is 218 g/mol. The molecular weight excluding hydrogens is 204 g/mol. The summed E-state index contributed by atoms with van der Waals surface area (Å²) < 4.78 is 11.0. The molecule has 0 amide bonds. The van der Waals surface area contributed by atoms with Gasteiger partial charge in [0.2, 0.25) is 0 Å². The Morgan fingerprint density at radius 1 is 1.50 bits per heavy atom. The molecule has 1 saturated heterocycles. The number of benzene rings is 1. The summed E-state index contributed by atoms with van der Waals surface area (Å²) in [6, 6.07) is 7.45. The van der Waals surface area contributed by atoms with Crippen LogP contribution in [0.15, 0.2) is 18.2 Å². The minimum absolute atomic E-state index is 0.128. The van der Waals surface area contributed by atoms with Gasteiger partial charge in [0.1, 0.15) is 12.2 Å². The zero-order valence-electron chi connectivity index (χ0n) is 9.19. The Labute approximate surface area is 94.8 Å². The van der Waals surface area contributed by atoms with Crippen LogP contribution in [0.4, 0.5) is 0 Å². The SMILES string of the molecule is COc1cccc(C#N)c1OC1CCNC1. The highest BCUT2D eigenvalue weighted by Crippen LogP contribution is 2.32. The van der Waals surface area contributed by atoms with E-state index in [4.69, 9.17) is 14.7 Å². The van der Waals surface area contributed by atoms with Gasteiger partial charge in [0.05, 0.1) is 12.7 Å². The molecule has 4 nitrogen and oxygen atoms in total. The maximum Gasteiger partial charge on any atom is 0.179 e. The van der Waals surface area contributed by atoms with Crippen molar-refractivity contribution in [2.45, 2.75) is 12.5 Å². The predicted molar refractivity (Wildman–Crippen MR) is 59.6 cm³/mol. The van der Waals surface area contributed by atoms with E-state index in [9.17, 15) is 0 Å². The average Bonchev–Trinajstić information content (AvgIpc) is 2.82. The highest BCUT2D eigenvalue weighted by Gasteiger charge is 2.19. The number of hydrogen-bond acceptors (Lipinski definition) is 4. The van der Waals surface area contributed by atoms with Gasteiger partial charge in [-0.3, -0.25) is 0 Å². The van der Waals surface area contributed by atoms with E-state index in [2.05, 4.69) is 11.4 Å². The zero-order valence-corrected chi connectivity index (χ0v) is 9.19. The highest BCUT2D eigenvalue weighted by molar-refractivity contribution is 5.52. The van der Waals surface area contributed by atoms with Crippen LogP contribution in [-0.4, -0.2) is 26.3 Å². The Hall–Kier alpha value is -1.73. The summed E-state index contributed by atoms with van der Waals surface area (Å²) in [5.41, 5.74) is 0.520. The van der Waals surface area contributed by atoms with Crippen molar-refractivity contribution in [2.75, 3.05) is 20.2 Å². The fraction of sp³-hybridized carbons (Fsp3) is 0.417. The first-order chi connectivity index (χ1) is 7.85. The summed E-state index contributed by atoms with van der Waals surface area (Å²) >= 11 is 0. The Balaban J connectivity index is 2.26. The lowest BCUT2D eigenvalue weighted by molar-refractivity contribution is 0.212. The second-order valence-corrected chi connectivity index (χ2v) is 3.68. The quantitative estimate of drug-likeness (QED) is 0.831. The van der Waals surface area contributed by atoms with Gasteiger partial charge >= 0.3 is 0 Å². The molecule has 2 rings (SSSR count). The van der Waals surface area contributed by atoms with E-state index < -0.39 is 0 Å². The molecule has 1 N–H and O–H groups in total. The van der Waals surface area contributed by atoms with Crippen molar-refractivity contribution in [3.8, 4) is 17.6 Å². The molecule has 16 heavy (non-hydrogen) atoms. The minimum Gasteiger partial charge on any atom is -0.493 e. The van der Waals surface area contributed by atoms with Crippen molar-refractivity contribution < 1.29 is 9.47 Å². The van der Waals surface area contributed by atoms with Crippen molar-refractivity contribution >= 4 is 0 Å². The molecule has 84 valence electrons. The molecule has 0 radical (unpaired) electrons. The zero-order chi connectivity index (χ0) is 11.4. The molecule has 1 unspecified atom stereocenters. The lowest BCUT2D eigenvalue weighted by Gasteiger charge is -2.16. The first-order valence-corrected chi connectivity index (χ1v) is 5.29. The van der Waals surface area contributed by atoms with Crippen LogP contribution in [0, 0.1) is 11.3 Å². The van der Waals surface area contributed by atoms with Gasteiger partial charge in [0, 0.05) is 6.54 Å². The number of rotatable bonds is 3. The van der Waals surface area contributed by atoms with E-state index in [1.54, 1.807) is 25.3 Å². The normalized spacial score (nSPS) is 19.1. The number of nitrogens with one attached hydrogen (secondary N) is 1. The van der Waals surface area contributed by atoms with Gasteiger partial charge in [-0.2, -0.15) is 5.26 Å². The summed E-state index contributed by atoms with van der Waals surface area (Å²) in [6.45, 7) is 1.78. The molecule has 1 heterocycles. The minimum atomic E-state index is 0.128. The lowest BCUT2D eigenvalue weighted by Crippen LogP contribution is -2.20. The molecule has 4 heteroatoms. The molecule has 0 spiro atoms. The summed E-state index contributed by atoms with van der Waals surface area (Å²) in [5, 5.41) is 12.2. The molecule has 0 aromatic heterocycles. The van der Waals surface area contributed by atoms with Crippen LogP contribution in [0.2, 0.25) is 0 Å². The van der Waals surface area contributed by atoms with Gasteiger partial charge in [-0.25, -0.2) is 0 Å². The number of hydrogen-bond donors (Lipinski definition) is 1. The number of para-hydroxylation sites is 1. The number of nitriles is 1. The molecule has 0 saturated carbocycles. The first-order valence-electron chi connectivity index (χ1n) is 5.29. The molecule has 1 aliphatic heterocycles. The van der Waals surface area contributed by atoms with E-state index in [0.717, 1.165) is 19.5 Å². The van der Waals surface area contributed by atoms with Crippen LogP contribution in [0.1, 0.15) is 12.0 Å². The fourth-order valence-electron chi connectivity index (χ4n) is 1.78. The van der Waals surface area contributed by atoms with Crippen molar-refractivity contribution in [3.63, 3.8) is 0 Å². The predicted octanol–water partition coefficient (Wildman–Crippen LogP) is 1.31. The molecule has 1 fully saturated rings. The molecule has 1 atom stereocenters. The maximum atomic E-state index is 9.01.